The number of likely N-dealkylation sites (N-methyl/N-ethyl adjacent to an activating group) is 1. The van der Waals surface area contributed by atoms with Gasteiger partial charge in [-0.3, -0.25) is 5.01 Å². The Morgan fingerprint density at radius 1 is 1.13 bits per heavy atom. The lowest BCUT2D eigenvalue weighted by Crippen LogP contribution is -2.33. The molecule has 0 radical (unpaired) electrons. The highest BCUT2D eigenvalue weighted by Crippen LogP contribution is 2.22. The van der Waals surface area contributed by atoms with E-state index in [4.69, 9.17) is 4.74 Å². The average molecular weight is 313 g/mol. The number of benzene rings is 2. The molecule has 0 aliphatic heterocycles. The van der Waals surface area contributed by atoms with E-state index in [1.165, 1.54) is 12.1 Å². The fraction of sp³-hybridized carbons (Fsp3) is 0.188. The normalized spacial score (nSPS) is 10.5. The molecule has 0 spiro atoms. The Kier molecular flexibility index (Phi) is 5.51. The number of nitrogens with one attached hydrogen (secondary N) is 1. The Morgan fingerprint density at radius 2 is 1.70 bits per heavy atom. The third kappa shape index (κ3) is 5.31. The van der Waals surface area contributed by atoms with Crippen LogP contribution in [0.5, 0.6) is 5.75 Å². The maximum Gasteiger partial charge on any atom is 0.119 e. The van der Waals surface area contributed by atoms with Crippen LogP contribution in [0.15, 0.2) is 58.9 Å². The summed E-state index contributed by atoms with van der Waals surface area (Å²) in [5, 5.41) is 22.6. The van der Waals surface area contributed by atoms with Gasteiger partial charge in [0.1, 0.15) is 5.75 Å². The zero-order valence-electron chi connectivity index (χ0n) is 12.9. The van der Waals surface area contributed by atoms with E-state index in [0.29, 0.717) is 5.69 Å². The van der Waals surface area contributed by atoms with Crippen molar-refractivity contribution in [3.63, 3.8) is 0 Å². The molecule has 7 nitrogen and oxygen atoms in total. The van der Waals surface area contributed by atoms with E-state index in [1.807, 2.05) is 36.4 Å². The molecule has 0 aliphatic carbocycles. The molecule has 0 aromatic heterocycles. The van der Waals surface area contributed by atoms with Crippen LogP contribution in [0.1, 0.15) is 0 Å². The minimum absolute atomic E-state index is 0.305. The quantitative estimate of drug-likeness (QED) is 0.624. The molecule has 0 heterocycles. The molecule has 2 rings (SSSR count). The number of hydrogen-bond acceptors (Lipinski definition) is 6. The highest BCUT2D eigenvalue weighted by atomic mass is 16.5. The summed E-state index contributed by atoms with van der Waals surface area (Å²) in [5.41, 5.74) is 2.46. The van der Waals surface area contributed by atoms with Crippen molar-refractivity contribution >= 4 is 23.0 Å². The van der Waals surface area contributed by atoms with Crippen molar-refractivity contribution in [2.24, 2.45) is 10.3 Å². The van der Waals surface area contributed by atoms with Gasteiger partial charge >= 0.3 is 0 Å². The molecular weight excluding hydrogens is 296 g/mol. The molecule has 0 saturated carbocycles. The third-order valence-electron chi connectivity index (χ3n) is 2.92. The van der Waals surface area contributed by atoms with Crippen LogP contribution >= 0.6 is 0 Å². The number of ether oxygens (including phenoxy) is 1. The number of nitrogens with zero attached hydrogens (tertiary/aromatic N) is 3. The van der Waals surface area contributed by atoms with Gasteiger partial charge in [0.05, 0.1) is 25.3 Å². The van der Waals surface area contributed by atoms with Crippen LogP contribution < -0.4 is 15.2 Å². The van der Waals surface area contributed by atoms with Gasteiger partial charge in [0.2, 0.25) is 0 Å². The minimum Gasteiger partial charge on any atom is -0.548 e. The molecule has 7 heteroatoms. The number of methoxy groups -OCH3 is 1. The Hall–Kier alpha value is -3.09. The second-order valence-electron chi connectivity index (χ2n) is 4.78. The van der Waals surface area contributed by atoms with Gasteiger partial charge in [-0.05, 0) is 48.5 Å². The SMILES string of the molecule is COc1ccc(Nc2ccc(N=NN(C)CC(=O)[O-])cc2)cc1. The second kappa shape index (κ2) is 7.79. The first-order chi connectivity index (χ1) is 11.1. The van der Waals surface area contributed by atoms with Crippen LogP contribution in [0.4, 0.5) is 17.1 Å². The summed E-state index contributed by atoms with van der Waals surface area (Å²) in [6, 6.07) is 14.9. The van der Waals surface area contributed by atoms with Gasteiger partial charge in [-0.1, -0.05) is 5.22 Å². The van der Waals surface area contributed by atoms with Crippen molar-refractivity contribution in [2.45, 2.75) is 0 Å². The highest BCUT2D eigenvalue weighted by Gasteiger charge is 1.97. The van der Waals surface area contributed by atoms with E-state index in [1.54, 1.807) is 19.2 Å². The second-order valence-corrected chi connectivity index (χ2v) is 4.78. The molecule has 2 aromatic carbocycles. The van der Waals surface area contributed by atoms with Crippen molar-refractivity contribution < 1.29 is 14.6 Å². The lowest BCUT2D eigenvalue weighted by molar-refractivity contribution is -0.306. The summed E-state index contributed by atoms with van der Waals surface area (Å²) in [6.07, 6.45) is 0. The zero-order valence-corrected chi connectivity index (χ0v) is 12.9. The Bertz CT molecular complexity index is 669. The molecule has 23 heavy (non-hydrogen) atoms. The van der Waals surface area contributed by atoms with Gasteiger partial charge in [0, 0.05) is 18.4 Å². The maximum absolute atomic E-state index is 10.4. The van der Waals surface area contributed by atoms with Crippen molar-refractivity contribution in [3.05, 3.63) is 48.5 Å². The fourth-order valence-electron chi connectivity index (χ4n) is 1.80. The molecule has 120 valence electrons. The lowest BCUT2D eigenvalue weighted by Gasteiger charge is -2.11. The predicted molar refractivity (Wildman–Crippen MR) is 84.9 cm³/mol. The van der Waals surface area contributed by atoms with Crippen LogP contribution in [0.25, 0.3) is 0 Å². The molecule has 0 aliphatic rings. The van der Waals surface area contributed by atoms with Gasteiger partial charge in [-0.15, -0.1) is 5.11 Å². The van der Waals surface area contributed by atoms with Crippen molar-refractivity contribution in [2.75, 3.05) is 26.0 Å². The molecule has 0 bridgehead atoms. The molecular formula is C16H17N4O3-. The Balaban J connectivity index is 1.95. The minimum atomic E-state index is -1.20. The van der Waals surface area contributed by atoms with Gasteiger partial charge in [0.25, 0.3) is 0 Å². The molecule has 0 fully saturated rings. The van der Waals surface area contributed by atoms with Crippen molar-refractivity contribution in [1.82, 2.24) is 5.01 Å². The van der Waals surface area contributed by atoms with Gasteiger partial charge in [0.15, 0.2) is 0 Å². The highest BCUT2D eigenvalue weighted by molar-refractivity contribution is 5.66. The number of carbonyl (C=O) groups excluding carboxylic acids is 1. The first-order valence-electron chi connectivity index (χ1n) is 6.90. The Morgan fingerprint density at radius 3 is 2.22 bits per heavy atom. The summed E-state index contributed by atoms with van der Waals surface area (Å²) in [6.45, 7) is -0.305. The predicted octanol–water partition coefficient (Wildman–Crippen LogP) is 2.12. The Labute approximate surface area is 134 Å². The van der Waals surface area contributed by atoms with E-state index in [9.17, 15) is 9.90 Å². The summed E-state index contributed by atoms with van der Waals surface area (Å²) >= 11 is 0. The van der Waals surface area contributed by atoms with Crippen LogP contribution in [0.2, 0.25) is 0 Å². The molecule has 0 atom stereocenters. The molecule has 0 saturated heterocycles. The summed E-state index contributed by atoms with van der Waals surface area (Å²) in [4.78, 5) is 10.4. The smallest absolute Gasteiger partial charge is 0.119 e. The number of carbonyl (C=O) groups is 1. The molecule has 1 N–H and O–H groups in total. The average Bonchev–Trinajstić information content (AvgIpc) is 2.54. The summed E-state index contributed by atoms with van der Waals surface area (Å²) in [7, 11) is 3.14. The molecule has 0 unspecified atom stereocenters. The van der Waals surface area contributed by atoms with Gasteiger partial charge < -0.3 is 20.0 Å². The van der Waals surface area contributed by atoms with Crippen molar-refractivity contribution in [1.29, 1.82) is 0 Å². The van der Waals surface area contributed by atoms with Crippen molar-refractivity contribution in [3.8, 4) is 5.75 Å². The monoisotopic (exact) mass is 313 g/mol. The van der Waals surface area contributed by atoms with Gasteiger partial charge in [-0.25, -0.2) is 0 Å². The number of aliphatic carboxylic acids is 1. The number of rotatable bonds is 7. The van der Waals surface area contributed by atoms with E-state index in [0.717, 1.165) is 17.1 Å². The number of hydrogen-bond donors (Lipinski definition) is 1. The number of carboxylic acid groups (broad SMARTS) is 1. The van der Waals surface area contributed by atoms with Gasteiger partial charge in [-0.2, -0.15) is 0 Å². The first kappa shape index (κ1) is 16.3. The van der Waals surface area contributed by atoms with Crippen LogP contribution in [0.3, 0.4) is 0 Å². The fourth-order valence-corrected chi connectivity index (χ4v) is 1.80. The standard InChI is InChI=1S/C16H18N4O3/c1-20(11-16(21)22)19-18-14-5-3-12(4-6-14)17-13-7-9-15(23-2)10-8-13/h3-10,17H,11H2,1-2H3,(H,21,22)/p-1. The largest absolute Gasteiger partial charge is 0.548 e. The lowest BCUT2D eigenvalue weighted by atomic mass is 10.2. The molecule has 2 aromatic rings. The van der Waals surface area contributed by atoms with Crippen LogP contribution in [-0.4, -0.2) is 31.7 Å². The van der Waals surface area contributed by atoms with Crippen LogP contribution in [0, 0.1) is 0 Å². The number of anilines is 2. The van der Waals surface area contributed by atoms with E-state index >= 15 is 0 Å². The zero-order chi connectivity index (χ0) is 16.7. The number of carboxylic acids is 1. The van der Waals surface area contributed by atoms with E-state index < -0.39 is 5.97 Å². The van der Waals surface area contributed by atoms with E-state index in [2.05, 4.69) is 15.7 Å². The third-order valence-corrected chi connectivity index (χ3v) is 2.92. The topological polar surface area (TPSA) is 89.3 Å². The van der Waals surface area contributed by atoms with E-state index in [-0.39, 0.29) is 6.54 Å². The summed E-state index contributed by atoms with van der Waals surface area (Å²) in [5.74, 6) is -0.405. The first-order valence-corrected chi connectivity index (χ1v) is 6.90. The summed E-state index contributed by atoms with van der Waals surface area (Å²) < 4.78 is 5.11. The molecule has 0 amide bonds. The maximum atomic E-state index is 10.4. The van der Waals surface area contributed by atoms with Crippen LogP contribution in [-0.2, 0) is 4.79 Å².